The molecule has 0 heterocycles. The minimum absolute atomic E-state index is 0.117. The van der Waals surface area contributed by atoms with Crippen molar-refractivity contribution in [1.29, 1.82) is 0 Å². The second kappa shape index (κ2) is 4.58. The van der Waals surface area contributed by atoms with Gasteiger partial charge in [0.15, 0.2) is 0 Å². The third kappa shape index (κ3) is 2.14. The van der Waals surface area contributed by atoms with E-state index < -0.39 is 0 Å². The first-order valence-electron chi connectivity index (χ1n) is 5.06. The van der Waals surface area contributed by atoms with Crippen molar-refractivity contribution >= 4 is 0 Å². The molecule has 0 saturated carbocycles. The molecule has 1 atom stereocenters. The van der Waals surface area contributed by atoms with E-state index in [4.69, 9.17) is 0 Å². The van der Waals surface area contributed by atoms with Crippen molar-refractivity contribution in [2.45, 2.75) is 26.3 Å². The van der Waals surface area contributed by atoms with Gasteiger partial charge >= 0.3 is 0 Å². The first-order valence-corrected chi connectivity index (χ1v) is 5.06. The first-order chi connectivity index (χ1) is 6.64. The summed E-state index contributed by atoms with van der Waals surface area (Å²) < 4.78 is 0. The standard InChI is InChI=1S/C12H19NO/c1-4-13-12(3,9-14)11-8-6-5-7-10(11)2/h5-8,13-14H,4,9H2,1-3H3. The monoisotopic (exact) mass is 193 g/mol. The van der Waals surface area contributed by atoms with Crippen molar-refractivity contribution in [1.82, 2.24) is 5.32 Å². The van der Waals surface area contributed by atoms with Gasteiger partial charge in [-0.25, -0.2) is 0 Å². The molecule has 1 unspecified atom stereocenters. The Labute approximate surface area is 86.0 Å². The summed E-state index contributed by atoms with van der Waals surface area (Å²) in [7, 11) is 0. The molecule has 1 aromatic rings. The van der Waals surface area contributed by atoms with Crippen LogP contribution >= 0.6 is 0 Å². The quantitative estimate of drug-likeness (QED) is 0.764. The highest BCUT2D eigenvalue weighted by molar-refractivity contribution is 5.32. The number of benzene rings is 1. The van der Waals surface area contributed by atoms with Crippen molar-refractivity contribution in [2.24, 2.45) is 0 Å². The van der Waals surface area contributed by atoms with E-state index in [2.05, 4.69) is 24.4 Å². The summed E-state index contributed by atoms with van der Waals surface area (Å²) in [5.41, 5.74) is 2.06. The van der Waals surface area contributed by atoms with Crippen LogP contribution in [0.2, 0.25) is 0 Å². The van der Waals surface area contributed by atoms with Gasteiger partial charge in [-0.2, -0.15) is 0 Å². The molecule has 0 fully saturated rings. The highest BCUT2D eigenvalue weighted by Crippen LogP contribution is 2.23. The Morgan fingerprint density at radius 1 is 1.36 bits per heavy atom. The second-order valence-electron chi connectivity index (χ2n) is 3.84. The number of likely N-dealkylation sites (N-methyl/N-ethyl adjacent to an activating group) is 1. The Morgan fingerprint density at radius 3 is 2.50 bits per heavy atom. The number of rotatable bonds is 4. The highest BCUT2D eigenvalue weighted by atomic mass is 16.3. The lowest BCUT2D eigenvalue weighted by atomic mass is 9.89. The van der Waals surface area contributed by atoms with Crippen LogP contribution in [-0.4, -0.2) is 18.3 Å². The van der Waals surface area contributed by atoms with E-state index in [1.807, 2.05) is 26.0 Å². The van der Waals surface area contributed by atoms with Gasteiger partial charge in [-0.05, 0) is 31.5 Å². The minimum Gasteiger partial charge on any atom is -0.394 e. The van der Waals surface area contributed by atoms with E-state index >= 15 is 0 Å². The normalized spacial score (nSPS) is 15.1. The van der Waals surface area contributed by atoms with Crippen LogP contribution in [0.25, 0.3) is 0 Å². The van der Waals surface area contributed by atoms with Gasteiger partial charge in [0.25, 0.3) is 0 Å². The Bertz CT molecular complexity index is 298. The predicted molar refractivity (Wildman–Crippen MR) is 59.3 cm³/mol. The molecule has 0 aliphatic heterocycles. The van der Waals surface area contributed by atoms with Gasteiger partial charge in [0.05, 0.1) is 12.1 Å². The zero-order chi connectivity index (χ0) is 10.6. The smallest absolute Gasteiger partial charge is 0.0652 e. The van der Waals surface area contributed by atoms with Crippen LogP contribution < -0.4 is 5.32 Å². The Morgan fingerprint density at radius 2 is 2.00 bits per heavy atom. The van der Waals surface area contributed by atoms with Gasteiger partial charge in [0.1, 0.15) is 0 Å². The molecule has 1 rings (SSSR count). The van der Waals surface area contributed by atoms with E-state index in [-0.39, 0.29) is 12.1 Å². The molecule has 0 aromatic heterocycles. The minimum atomic E-state index is -0.319. The van der Waals surface area contributed by atoms with Gasteiger partial charge in [-0.3, -0.25) is 0 Å². The lowest BCUT2D eigenvalue weighted by Crippen LogP contribution is -2.43. The maximum Gasteiger partial charge on any atom is 0.0652 e. The van der Waals surface area contributed by atoms with Gasteiger partial charge in [-0.1, -0.05) is 31.2 Å². The molecule has 0 amide bonds. The van der Waals surface area contributed by atoms with Crippen molar-refractivity contribution < 1.29 is 5.11 Å². The number of aliphatic hydroxyl groups is 1. The molecule has 2 nitrogen and oxygen atoms in total. The van der Waals surface area contributed by atoms with Gasteiger partial charge in [-0.15, -0.1) is 0 Å². The fourth-order valence-electron chi connectivity index (χ4n) is 1.82. The van der Waals surface area contributed by atoms with E-state index in [9.17, 15) is 5.11 Å². The molecule has 14 heavy (non-hydrogen) atoms. The number of hydrogen-bond acceptors (Lipinski definition) is 2. The lowest BCUT2D eigenvalue weighted by molar-refractivity contribution is 0.177. The predicted octanol–water partition coefficient (Wildman–Crippen LogP) is 1.81. The summed E-state index contributed by atoms with van der Waals surface area (Å²) in [4.78, 5) is 0. The largest absolute Gasteiger partial charge is 0.394 e. The topological polar surface area (TPSA) is 32.3 Å². The summed E-state index contributed by atoms with van der Waals surface area (Å²) in [6, 6.07) is 8.16. The van der Waals surface area contributed by atoms with E-state index in [1.54, 1.807) is 0 Å². The summed E-state index contributed by atoms with van der Waals surface area (Å²) in [6.45, 7) is 7.11. The number of aliphatic hydroxyl groups excluding tert-OH is 1. The number of nitrogens with one attached hydrogen (secondary N) is 1. The average Bonchev–Trinajstić information content (AvgIpc) is 2.18. The second-order valence-corrected chi connectivity index (χ2v) is 3.84. The van der Waals surface area contributed by atoms with Crippen molar-refractivity contribution in [3.05, 3.63) is 35.4 Å². The lowest BCUT2D eigenvalue weighted by Gasteiger charge is -2.30. The SMILES string of the molecule is CCNC(C)(CO)c1ccccc1C. The third-order valence-electron chi connectivity index (χ3n) is 2.62. The van der Waals surface area contributed by atoms with E-state index in [0.29, 0.717) is 0 Å². The molecule has 0 aliphatic carbocycles. The summed E-state index contributed by atoms with van der Waals surface area (Å²) in [5, 5.41) is 12.7. The van der Waals surface area contributed by atoms with Crippen LogP contribution in [0.4, 0.5) is 0 Å². The van der Waals surface area contributed by atoms with E-state index in [1.165, 1.54) is 11.1 Å². The van der Waals surface area contributed by atoms with Crippen LogP contribution in [-0.2, 0) is 5.54 Å². The molecule has 2 heteroatoms. The highest BCUT2D eigenvalue weighted by Gasteiger charge is 2.25. The Hall–Kier alpha value is -0.860. The third-order valence-corrected chi connectivity index (χ3v) is 2.62. The number of hydrogen-bond donors (Lipinski definition) is 2. The van der Waals surface area contributed by atoms with Gasteiger partial charge in [0, 0.05) is 0 Å². The molecule has 0 bridgehead atoms. The van der Waals surface area contributed by atoms with Crippen LogP contribution in [0.5, 0.6) is 0 Å². The zero-order valence-corrected chi connectivity index (χ0v) is 9.17. The molecule has 78 valence electrons. The van der Waals surface area contributed by atoms with Gasteiger partial charge in [0.2, 0.25) is 0 Å². The van der Waals surface area contributed by atoms with Crippen molar-refractivity contribution in [3.8, 4) is 0 Å². The molecule has 1 aromatic carbocycles. The van der Waals surface area contributed by atoms with Crippen LogP contribution in [0.15, 0.2) is 24.3 Å². The molecule has 0 spiro atoms. The molecular formula is C12H19NO. The Balaban J connectivity index is 3.05. The summed E-state index contributed by atoms with van der Waals surface area (Å²) >= 11 is 0. The fraction of sp³-hybridized carbons (Fsp3) is 0.500. The molecular weight excluding hydrogens is 174 g/mol. The maximum atomic E-state index is 9.43. The van der Waals surface area contributed by atoms with Crippen molar-refractivity contribution in [3.63, 3.8) is 0 Å². The fourth-order valence-corrected chi connectivity index (χ4v) is 1.82. The molecule has 0 aliphatic rings. The average molecular weight is 193 g/mol. The van der Waals surface area contributed by atoms with Crippen LogP contribution in [0.3, 0.4) is 0 Å². The maximum absolute atomic E-state index is 9.43. The molecule has 0 saturated heterocycles. The number of aryl methyl sites for hydroxylation is 1. The van der Waals surface area contributed by atoms with Crippen LogP contribution in [0, 0.1) is 6.92 Å². The van der Waals surface area contributed by atoms with Gasteiger partial charge < -0.3 is 10.4 Å². The summed E-state index contributed by atoms with van der Waals surface area (Å²) in [5.74, 6) is 0. The van der Waals surface area contributed by atoms with E-state index in [0.717, 1.165) is 6.54 Å². The Kier molecular flexibility index (Phi) is 3.67. The van der Waals surface area contributed by atoms with Crippen molar-refractivity contribution in [2.75, 3.05) is 13.2 Å². The molecule has 2 N–H and O–H groups in total. The molecule has 0 radical (unpaired) electrons. The zero-order valence-electron chi connectivity index (χ0n) is 9.17. The van der Waals surface area contributed by atoms with Crippen LogP contribution in [0.1, 0.15) is 25.0 Å². The first kappa shape index (κ1) is 11.2. The summed E-state index contributed by atoms with van der Waals surface area (Å²) in [6.07, 6.45) is 0.